The van der Waals surface area contributed by atoms with Gasteiger partial charge in [-0.05, 0) is 12.1 Å². The number of nitrogens with zero attached hydrogens (tertiary/aromatic N) is 1. The normalized spacial score (nSPS) is 4.80. The molecular weight excluding hydrogens is 194 g/mol. The molecule has 0 aliphatic carbocycles. The van der Waals surface area contributed by atoms with Gasteiger partial charge in [-0.3, -0.25) is 4.98 Å². The van der Waals surface area contributed by atoms with E-state index >= 15 is 0 Å². The van der Waals surface area contributed by atoms with Crippen molar-refractivity contribution >= 4 is 37.2 Å². The standard InChI is InChI=1S/C5H5N.3ClH.H3N/c1-2-4-6-5-3-1;;;;/h1-5H;3*1H;1H3. The lowest BCUT2D eigenvalue weighted by Crippen LogP contribution is -1.58. The molecule has 1 heterocycles. The van der Waals surface area contributed by atoms with Crippen molar-refractivity contribution in [2.45, 2.75) is 0 Å². The first-order valence-corrected chi connectivity index (χ1v) is 1.85. The highest BCUT2D eigenvalue weighted by molar-refractivity contribution is 5.86. The van der Waals surface area contributed by atoms with E-state index in [1.165, 1.54) is 0 Å². The van der Waals surface area contributed by atoms with Gasteiger partial charge in [-0.15, -0.1) is 37.2 Å². The van der Waals surface area contributed by atoms with E-state index in [1.54, 1.807) is 12.4 Å². The van der Waals surface area contributed by atoms with Crippen LogP contribution in [0.1, 0.15) is 0 Å². The van der Waals surface area contributed by atoms with Crippen LogP contribution in [0.3, 0.4) is 0 Å². The number of aromatic nitrogens is 1. The molecule has 0 aliphatic rings. The molecule has 0 aliphatic heterocycles. The van der Waals surface area contributed by atoms with E-state index in [2.05, 4.69) is 4.98 Å². The summed E-state index contributed by atoms with van der Waals surface area (Å²) in [6.07, 6.45) is 3.50. The van der Waals surface area contributed by atoms with Gasteiger partial charge >= 0.3 is 0 Å². The molecule has 0 bridgehead atoms. The highest BCUT2D eigenvalue weighted by Crippen LogP contribution is 1.73. The molecule has 0 saturated carbocycles. The lowest BCUT2D eigenvalue weighted by atomic mass is 10.5. The SMILES string of the molecule is Cl.Cl.Cl.N.c1ccncc1. The van der Waals surface area contributed by atoms with Gasteiger partial charge in [0.05, 0.1) is 0 Å². The fourth-order valence-corrected chi connectivity index (χ4v) is 0.313. The van der Waals surface area contributed by atoms with Gasteiger partial charge in [-0.1, -0.05) is 6.07 Å². The number of pyridine rings is 1. The number of halogens is 3. The van der Waals surface area contributed by atoms with Crippen LogP contribution in [0.5, 0.6) is 0 Å². The molecule has 0 fully saturated rings. The Balaban J connectivity index is -0.0000000450. The highest BCUT2D eigenvalue weighted by Gasteiger charge is 1.58. The van der Waals surface area contributed by atoms with Crippen LogP contribution in [0, 0.1) is 0 Å². The second kappa shape index (κ2) is 16.0. The molecule has 2 nitrogen and oxygen atoms in total. The Kier molecular flexibility index (Phi) is 36.0. The zero-order valence-corrected chi connectivity index (χ0v) is 7.72. The van der Waals surface area contributed by atoms with Gasteiger partial charge in [0.1, 0.15) is 0 Å². The number of hydrogen-bond acceptors (Lipinski definition) is 2. The van der Waals surface area contributed by atoms with E-state index in [1.807, 2.05) is 18.2 Å². The summed E-state index contributed by atoms with van der Waals surface area (Å²) in [7, 11) is 0. The third-order valence-electron chi connectivity index (χ3n) is 0.566. The minimum absolute atomic E-state index is 0. The van der Waals surface area contributed by atoms with Gasteiger partial charge in [0, 0.05) is 12.4 Å². The van der Waals surface area contributed by atoms with Crippen LogP contribution in [-0.4, -0.2) is 4.98 Å². The van der Waals surface area contributed by atoms with E-state index in [9.17, 15) is 0 Å². The Bertz CT molecular complexity index is 86.8. The second-order valence-corrected chi connectivity index (χ2v) is 1.02. The maximum Gasteiger partial charge on any atom is 0.0267 e. The lowest BCUT2D eigenvalue weighted by molar-refractivity contribution is 1.33. The molecule has 0 aromatic carbocycles. The monoisotopic (exact) mass is 204 g/mol. The maximum atomic E-state index is 3.78. The van der Waals surface area contributed by atoms with Crippen LogP contribution in [0.4, 0.5) is 0 Å². The van der Waals surface area contributed by atoms with Gasteiger partial charge in [0.2, 0.25) is 0 Å². The van der Waals surface area contributed by atoms with Crippen molar-refractivity contribution in [3.05, 3.63) is 30.6 Å². The largest absolute Gasteiger partial charge is 0.344 e. The van der Waals surface area contributed by atoms with Crippen molar-refractivity contribution in [3.8, 4) is 0 Å². The molecule has 0 saturated heterocycles. The van der Waals surface area contributed by atoms with Crippen molar-refractivity contribution in [1.82, 2.24) is 11.1 Å². The van der Waals surface area contributed by atoms with Crippen LogP contribution in [-0.2, 0) is 0 Å². The smallest absolute Gasteiger partial charge is 0.0267 e. The van der Waals surface area contributed by atoms with E-state index < -0.39 is 0 Å². The molecule has 1 aromatic heterocycles. The number of hydrogen-bond donors (Lipinski definition) is 1. The lowest BCUT2D eigenvalue weighted by Gasteiger charge is -1.70. The summed E-state index contributed by atoms with van der Waals surface area (Å²) >= 11 is 0. The Labute approximate surface area is 79.2 Å². The summed E-state index contributed by atoms with van der Waals surface area (Å²) in [5, 5.41) is 0. The third kappa shape index (κ3) is 10.9. The summed E-state index contributed by atoms with van der Waals surface area (Å²) in [6.45, 7) is 0. The molecular formula is C5H11Cl3N2. The molecule has 0 amide bonds. The first kappa shape index (κ1) is 22.5. The fourth-order valence-electron chi connectivity index (χ4n) is 0.313. The van der Waals surface area contributed by atoms with Crippen molar-refractivity contribution in [2.24, 2.45) is 0 Å². The van der Waals surface area contributed by atoms with Gasteiger partial charge in [0.25, 0.3) is 0 Å². The predicted molar refractivity (Wildman–Crippen MR) is 51.0 cm³/mol. The fraction of sp³-hybridized carbons (Fsp3) is 0. The molecule has 1 aromatic rings. The van der Waals surface area contributed by atoms with E-state index in [0.717, 1.165) is 0 Å². The van der Waals surface area contributed by atoms with Crippen molar-refractivity contribution in [3.63, 3.8) is 0 Å². The number of rotatable bonds is 0. The molecule has 3 N–H and O–H groups in total. The van der Waals surface area contributed by atoms with E-state index in [0.29, 0.717) is 0 Å². The average Bonchev–Trinajstić information content (AvgIpc) is 1.72. The van der Waals surface area contributed by atoms with Crippen LogP contribution < -0.4 is 6.15 Å². The van der Waals surface area contributed by atoms with Crippen LogP contribution in [0.25, 0.3) is 0 Å². The van der Waals surface area contributed by atoms with Gasteiger partial charge in [0.15, 0.2) is 0 Å². The first-order valence-electron chi connectivity index (χ1n) is 1.85. The minimum Gasteiger partial charge on any atom is -0.344 e. The zero-order valence-electron chi connectivity index (χ0n) is 5.27. The highest BCUT2D eigenvalue weighted by atomic mass is 35.5. The molecule has 1 rings (SSSR count). The Morgan fingerprint density at radius 2 is 1.10 bits per heavy atom. The summed E-state index contributed by atoms with van der Waals surface area (Å²) in [5.41, 5.74) is 0. The molecule has 10 heavy (non-hydrogen) atoms. The summed E-state index contributed by atoms with van der Waals surface area (Å²) in [4.78, 5) is 3.78. The quantitative estimate of drug-likeness (QED) is 0.707. The molecule has 0 radical (unpaired) electrons. The molecule has 62 valence electrons. The van der Waals surface area contributed by atoms with Gasteiger partial charge in [-0.2, -0.15) is 0 Å². The van der Waals surface area contributed by atoms with Crippen molar-refractivity contribution < 1.29 is 0 Å². The van der Waals surface area contributed by atoms with Crippen LogP contribution in [0.15, 0.2) is 30.6 Å². The molecule has 0 atom stereocenters. The Morgan fingerprint density at radius 1 is 0.700 bits per heavy atom. The van der Waals surface area contributed by atoms with E-state index in [4.69, 9.17) is 0 Å². The van der Waals surface area contributed by atoms with Crippen LogP contribution in [0.2, 0.25) is 0 Å². The predicted octanol–water partition coefficient (Wildman–Crippen LogP) is 2.51. The Morgan fingerprint density at radius 3 is 1.20 bits per heavy atom. The minimum atomic E-state index is 0. The first-order chi connectivity index (χ1) is 3.00. The average molecular weight is 206 g/mol. The zero-order chi connectivity index (χ0) is 4.24. The summed E-state index contributed by atoms with van der Waals surface area (Å²) in [6, 6.07) is 5.72. The van der Waals surface area contributed by atoms with Crippen molar-refractivity contribution in [2.75, 3.05) is 0 Å². The van der Waals surface area contributed by atoms with Gasteiger partial charge < -0.3 is 6.15 Å². The molecule has 5 heteroatoms. The third-order valence-corrected chi connectivity index (χ3v) is 0.566. The maximum absolute atomic E-state index is 3.78. The van der Waals surface area contributed by atoms with Gasteiger partial charge in [-0.25, -0.2) is 0 Å². The van der Waals surface area contributed by atoms with Crippen molar-refractivity contribution in [1.29, 1.82) is 0 Å². The summed E-state index contributed by atoms with van der Waals surface area (Å²) in [5.74, 6) is 0. The topological polar surface area (TPSA) is 47.9 Å². The molecule has 0 unspecified atom stereocenters. The van der Waals surface area contributed by atoms with Crippen LogP contribution >= 0.6 is 37.2 Å². The molecule has 0 spiro atoms. The van der Waals surface area contributed by atoms with E-state index in [-0.39, 0.29) is 43.4 Å². The summed E-state index contributed by atoms with van der Waals surface area (Å²) < 4.78 is 0. The Hall–Kier alpha value is -0.0200. The second-order valence-electron chi connectivity index (χ2n) is 1.02.